The van der Waals surface area contributed by atoms with Crippen molar-refractivity contribution in [2.75, 3.05) is 13.7 Å². The van der Waals surface area contributed by atoms with E-state index in [0.717, 1.165) is 11.6 Å². The summed E-state index contributed by atoms with van der Waals surface area (Å²) in [5, 5.41) is 54.8. The summed E-state index contributed by atoms with van der Waals surface area (Å²) < 4.78 is 17.7. The monoisotopic (exact) mass is 659 g/mol. The molecule has 0 aromatic rings. The molecule has 0 aliphatic carbocycles. The number of aliphatic hydroxyl groups excluding tert-OH is 2. The number of amides is 1. The second kappa shape index (κ2) is 19.0. The highest BCUT2D eigenvalue weighted by Gasteiger charge is 2.55. The molecule has 0 aromatic carbocycles. The molecule has 2 aliphatic heterocycles. The molecule has 11 nitrogen and oxygen atoms in total. The quantitative estimate of drug-likeness (QED) is 0.107. The van der Waals surface area contributed by atoms with Crippen LogP contribution in [0.2, 0.25) is 0 Å². The lowest BCUT2D eigenvalue weighted by atomic mass is 9.79. The smallest absolute Gasteiger partial charge is 0.328 e. The normalized spacial score (nSPS) is 32.8. The van der Waals surface area contributed by atoms with Gasteiger partial charge in [-0.2, -0.15) is 0 Å². The van der Waals surface area contributed by atoms with Gasteiger partial charge in [-0.25, -0.2) is 4.79 Å². The molecular weight excluding hydrogens is 606 g/mol. The van der Waals surface area contributed by atoms with Gasteiger partial charge in [-0.05, 0) is 32.8 Å². The molecule has 0 saturated carbocycles. The maximum atomic E-state index is 13.1. The third kappa shape index (κ3) is 11.5. The Kier molecular flexibility index (Phi) is 16.2. The van der Waals surface area contributed by atoms with Crippen LogP contribution >= 0.6 is 0 Å². The Hall–Kier alpha value is -3.16. The highest BCUT2D eigenvalue weighted by molar-refractivity contribution is 5.80. The lowest BCUT2D eigenvalue weighted by Crippen LogP contribution is -2.64. The van der Waals surface area contributed by atoms with E-state index in [9.17, 15) is 30.0 Å². The van der Waals surface area contributed by atoms with Gasteiger partial charge in [0.15, 0.2) is 5.79 Å². The predicted molar refractivity (Wildman–Crippen MR) is 179 cm³/mol. The van der Waals surface area contributed by atoms with Crippen molar-refractivity contribution in [1.29, 1.82) is 0 Å². The van der Waals surface area contributed by atoms with E-state index in [4.69, 9.17) is 19.3 Å². The summed E-state index contributed by atoms with van der Waals surface area (Å²) in [6, 6.07) is 0. The van der Waals surface area contributed by atoms with E-state index in [1.807, 2.05) is 26.8 Å². The summed E-state index contributed by atoms with van der Waals surface area (Å²) in [6.45, 7) is 9.11. The Labute approximate surface area is 278 Å². The molecule has 2 saturated heterocycles. The number of carboxylic acids is 1. The van der Waals surface area contributed by atoms with Gasteiger partial charge in [0.1, 0.15) is 17.8 Å². The molecule has 47 heavy (non-hydrogen) atoms. The minimum absolute atomic E-state index is 0.0826. The van der Waals surface area contributed by atoms with Crippen LogP contribution in [0.1, 0.15) is 53.9 Å². The molecule has 0 radical (unpaired) electrons. The van der Waals surface area contributed by atoms with Crippen molar-refractivity contribution in [1.82, 2.24) is 5.32 Å². The lowest BCUT2D eigenvalue weighted by Gasteiger charge is -2.49. The molecular formula is C36H53NO10. The Morgan fingerprint density at radius 3 is 2.38 bits per heavy atom. The third-order valence-corrected chi connectivity index (χ3v) is 8.64. The van der Waals surface area contributed by atoms with E-state index >= 15 is 0 Å². The van der Waals surface area contributed by atoms with Crippen LogP contribution in [0.25, 0.3) is 0 Å². The third-order valence-electron chi connectivity index (χ3n) is 8.64. The first kappa shape index (κ1) is 40.0. The molecule has 2 heterocycles. The number of carboxylic acid groups (broad SMARTS) is 1. The highest BCUT2D eigenvalue weighted by Crippen LogP contribution is 2.40. The van der Waals surface area contributed by atoms with Gasteiger partial charge in [0.25, 0.3) is 0 Å². The van der Waals surface area contributed by atoms with Crippen LogP contribution in [0.3, 0.4) is 0 Å². The second-order valence-electron chi connectivity index (χ2n) is 12.2. The summed E-state index contributed by atoms with van der Waals surface area (Å²) in [4.78, 5) is 23.7. The molecule has 0 aromatic heterocycles. The number of carbonyl (C=O) groups excluding carboxylic acids is 1. The first-order chi connectivity index (χ1) is 22.2. The topological polar surface area (TPSA) is 175 Å². The van der Waals surface area contributed by atoms with Crippen molar-refractivity contribution in [2.45, 2.75) is 102 Å². The van der Waals surface area contributed by atoms with Crippen LogP contribution in [-0.2, 0) is 23.8 Å². The van der Waals surface area contributed by atoms with Gasteiger partial charge < -0.3 is 45.1 Å². The molecule has 2 aliphatic rings. The number of hydrogen-bond acceptors (Lipinski definition) is 9. The first-order valence-electron chi connectivity index (χ1n) is 16.0. The van der Waals surface area contributed by atoms with Gasteiger partial charge in [-0.1, -0.05) is 86.8 Å². The SMILES string of the molecule is C/C=C/C=C/[C@@H]1O[C@](O)([C@H](CC)C(=O)NC/C=C/C=C(\C)[C@H](OC)[C@H](C)[C@@H]2C[C@H](O)[C@H](/C=C/C=C/C=C/C(=O)O)O2)C[C@H](O)[C@]1(C)O. The maximum Gasteiger partial charge on any atom is 0.328 e. The second-order valence-corrected chi connectivity index (χ2v) is 12.2. The zero-order valence-electron chi connectivity index (χ0n) is 28.2. The fourth-order valence-electron chi connectivity index (χ4n) is 5.85. The fraction of sp³-hybridized carbons (Fsp3) is 0.556. The van der Waals surface area contributed by atoms with Gasteiger partial charge in [0, 0.05) is 38.5 Å². The van der Waals surface area contributed by atoms with Crippen LogP contribution in [0.5, 0.6) is 0 Å². The lowest BCUT2D eigenvalue weighted by molar-refractivity contribution is -0.329. The van der Waals surface area contributed by atoms with Crippen molar-refractivity contribution in [3.05, 3.63) is 84.6 Å². The molecule has 10 atom stereocenters. The largest absolute Gasteiger partial charge is 0.478 e. The summed E-state index contributed by atoms with van der Waals surface area (Å²) in [5.74, 6) is -4.52. The van der Waals surface area contributed by atoms with Crippen LogP contribution in [0.4, 0.5) is 0 Å². The molecule has 262 valence electrons. The van der Waals surface area contributed by atoms with Crippen molar-refractivity contribution < 1.29 is 49.3 Å². The van der Waals surface area contributed by atoms with Crippen molar-refractivity contribution in [3.63, 3.8) is 0 Å². The van der Waals surface area contributed by atoms with Gasteiger partial charge >= 0.3 is 5.97 Å². The van der Waals surface area contributed by atoms with Crippen molar-refractivity contribution in [3.8, 4) is 0 Å². The molecule has 0 unspecified atom stereocenters. The number of aliphatic carboxylic acids is 1. The van der Waals surface area contributed by atoms with Crippen molar-refractivity contribution >= 4 is 11.9 Å². The van der Waals surface area contributed by atoms with Gasteiger partial charge in [-0.15, -0.1) is 0 Å². The Balaban J connectivity index is 1.97. The van der Waals surface area contributed by atoms with E-state index in [0.29, 0.717) is 6.42 Å². The first-order valence-corrected chi connectivity index (χ1v) is 16.0. The summed E-state index contributed by atoms with van der Waals surface area (Å²) >= 11 is 0. The van der Waals surface area contributed by atoms with Crippen LogP contribution in [0.15, 0.2) is 84.6 Å². The highest BCUT2D eigenvalue weighted by atomic mass is 16.6. The number of hydrogen-bond donors (Lipinski definition) is 6. The number of allylic oxidation sites excluding steroid dienone is 9. The standard InChI is InChI=1S/C36H53NO10/c1-7-9-12-19-31-35(5,43)30(39)23-36(44,47-31)26(8-2)34(42)37-21-16-15-17-24(3)33(45-6)25(4)29-22-27(38)28(46-29)18-13-10-11-14-20-32(40)41/h7,9-20,25-31,33,38-39,43-44H,8,21-23H2,1-6H3,(H,37,42)(H,40,41)/b9-7+,11-10+,16-15+,18-13+,19-12+,20-14+,24-17+/t25-,26-,27+,28+,29+,30+,31+,33+,35+,36+/m1/s1. The van der Waals surface area contributed by atoms with E-state index in [2.05, 4.69) is 5.32 Å². The maximum absolute atomic E-state index is 13.1. The van der Waals surface area contributed by atoms with E-state index in [1.165, 1.54) is 13.0 Å². The zero-order valence-corrected chi connectivity index (χ0v) is 28.2. The van der Waals surface area contributed by atoms with Gasteiger partial charge in [0.2, 0.25) is 5.91 Å². The number of ether oxygens (including phenoxy) is 3. The summed E-state index contributed by atoms with van der Waals surface area (Å²) in [6.07, 6.45) is 17.5. The predicted octanol–water partition coefficient (Wildman–Crippen LogP) is 3.28. The minimum atomic E-state index is -1.98. The summed E-state index contributed by atoms with van der Waals surface area (Å²) in [5.41, 5.74) is -0.727. The van der Waals surface area contributed by atoms with Crippen LogP contribution < -0.4 is 5.32 Å². The number of aliphatic hydroxyl groups is 4. The molecule has 0 bridgehead atoms. The van der Waals surface area contributed by atoms with Gasteiger partial charge in [-0.3, -0.25) is 4.79 Å². The molecule has 11 heteroatoms. The number of methoxy groups -OCH3 is 1. The van der Waals surface area contributed by atoms with Crippen LogP contribution in [-0.4, -0.2) is 99.1 Å². The van der Waals surface area contributed by atoms with E-state index in [1.54, 1.807) is 74.8 Å². The molecule has 6 N–H and O–H groups in total. The molecule has 2 fully saturated rings. The Bertz CT molecular complexity index is 1230. The summed E-state index contributed by atoms with van der Waals surface area (Å²) in [7, 11) is 1.61. The van der Waals surface area contributed by atoms with Crippen molar-refractivity contribution in [2.24, 2.45) is 11.8 Å². The Morgan fingerprint density at radius 2 is 1.74 bits per heavy atom. The average molecular weight is 660 g/mol. The van der Waals surface area contributed by atoms with Gasteiger partial charge in [0.05, 0.1) is 30.3 Å². The van der Waals surface area contributed by atoms with E-state index in [-0.39, 0.29) is 37.5 Å². The molecule has 0 spiro atoms. The van der Waals surface area contributed by atoms with Crippen LogP contribution in [0, 0.1) is 11.8 Å². The molecule has 2 rings (SSSR count). The molecule has 1 amide bonds. The Morgan fingerprint density at radius 1 is 1.06 bits per heavy atom. The average Bonchev–Trinajstić information content (AvgIpc) is 3.38. The number of rotatable bonds is 16. The number of nitrogens with one attached hydrogen (secondary N) is 1. The van der Waals surface area contributed by atoms with E-state index < -0.39 is 53.6 Å². The fourth-order valence-corrected chi connectivity index (χ4v) is 5.85. The number of carbonyl (C=O) groups is 2. The minimum Gasteiger partial charge on any atom is -0.478 e. The zero-order chi connectivity index (χ0) is 35.2.